The summed E-state index contributed by atoms with van der Waals surface area (Å²) in [4.78, 5) is 57.5. The number of nitrogens with zero attached hydrogens (tertiary/aromatic N) is 1. The van der Waals surface area contributed by atoms with Crippen molar-refractivity contribution in [2.24, 2.45) is 0 Å². The lowest BCUT2D eigenvalue weighted by molar-refractivity contribution is -0.208. The summed E-state index contributed by atoms with van der Waals surface area (Å²) in [6.07, 6.45) is -12.2. The summed E-state index contributed by atoms with van der Waals surface area (Å²) in [5, 5.41) is 30.0. The Morgan fingerprint density at radius 3 is 1.10 bits per heavy atom. The van der Waals surface area contributed by atoms with Gasteiger partial charge in [-0.05, 0) is 55.1 Å². The molecule has 0 amide bonds. The van der Waals surface area contributed by atoms with Crippen molar-refractivity contribution in [1.29, 1.82) is 0 Å². The van der Waals surface area contributed by atoms with Crippen molar-refractivity contribution in [1.82, 2.24) is 4.90 Å². The zero-order valence-electron chi connectivity index (χ0n) is 16.8. The average Bonchev–Trinajstić information content (AvgIpc) is 2.59. The number of aliphatic hydroxyl groups excluding tert-OH is 3. The first-order valence-electron chi connectivity index (χ1n) is 8.85. The SMILES string of the molecule is CCN(CC)CC.O[C@H]1[C@H](O)[C@H](OP(O)(O)=S)[C@@H](OP(O)(O)=S)[C@@H](O)[C@@H]1OP(O)(O)=S. The predicted octanol–water partition coefficient (Wildman–Crippen LogP) is -1.79. The molecular formula is C12H30NO12P3S3. The summed E-state index contributed by atoms with van der Waals surface area (Å²) in [5.41, 5.74) is 0. The predicted molar refractivity (Wildman–Crippen MR) is 122 cm³/mol. The van der Waals surface area contributed by atoms with Crippen LogP contribution in [-0.4, -0.2) is 106 Å². The van der Waals surface area contributed by atoms with Gasteiger partial charge in [-0.25, -0.2) is 0 Å². The summed E-state index contributed by atoms with van der Waals surface area (Å²) < 4.78 is 13.7. The fourth-order valence-electron chi connectivity index (χ4n) is 2.68. The summed E-state index contributed by atoms with van der Waals surface area (Å²) in [5.74, 6) is 0. The van der Waals surface area contributed by atoms with Gasteiger partial charge in [0.15, 0.2) is 0 Å². The third-order valence-corrected chi connectivity index (χ3v) is 6.47. The molecule has 0 aromatic rings. The Bertz CT molecular complexity index is 677. The van der Waals surface area contributed by atoms with Crippen molar-refractivity contribution in [2.75, 3.05) is 19.6 Å². The molecule has 0 spiro atoms. The van der Waals surface area contributed by atoms with Gasteiger partial charge in [0, 0.05) is 0 Å². The standard InChI is InChI=1S/C6H15N.C6H15O12P3S3/c1-4-7(5-2)6-3;7-1-2(8)5(17-20(12,13)23)6(18-21(14,15)24)3(9)4(1)16-19(10,11)22/h4-6H2,1-3H3;1-9H,(H2,10,11,22)(H2,12,13,23)(H2,14,15,24)/t;1-,2-,3-,4+,5-,6-/m.0/s1. The molecule has 1 rings (SSSR count). The molecule has 31 heavy (non-hydrogen) atoms. The van der Waals surface area contributed by atoms with Crippen LogP contribution in [-0.2, 0) is 49.0 Å². The molecule has 0 aromatic heterocycles. The van der Waals surface area contributed by atoms with Gasteiger partial charge in [0.2, 0.25) is 0 Å². The second kappa shape index (κ2) is 13.5. The molecule has 0 bridgehead atoms. The summed E-state index contributed by atoms with van der Waals surface area (Å²) in [6.45, 7) is -3.23. The van der Waals surface area contributed by atoms with Crippen LogP contribution >= 0.6 is 20.2 Å². The summed E-state index contributed by atoms with van der Waals surface area (Å²) >= 11 is 12.6. The molecule has 1 aliphatic rings. The third-order valence-electron chi connectivity index (χ3n) is 4.14. The monoisotopic (exact) mass is 569 g/mol. The Labute approximate surface area is 195 Å². The Hall–Kier alpha value is 1.43. The zero-order chi connectivity index (χ0) is 24.8. The molecule has 13 nitrogen and oxygen atoms in total. The lowest BCUT2D eigenvalue weighted by atomic mass is 9.85. The normalized spacial score (nSPS) is 30.1. The molecule has 0 saturated heterocycles. The van der Waals surface area contributed by atoms with Gasteiger partial charge in [-0.15, -0.1) is 0 Å². The number of rotatable bonds is 9. The second-order valence-electron chi connectivity index (χ2n) is 6.27. The Kier molecular flexibility index (Phi) is 14.1. The highest BCUT2D eigenvalue weighted by Crippen LogP contribution is 2.49. The maximum absolute atomic E-state index is 10.1. The highest BCUT2D eigenvalue weighted by Gasteiger charge is 2.55. The van der Waals surface area contributed by atoms with E-state index in [9.17, 15) is 34.9 Å². The maximum Gasteiger partial charge on any atom is 0.322 e. The van der Waals surface area contributed by atoms with Crippen LogP contribution in [0.3, 0.4) is 0 Å². The van der Waals surface area contributed by atoms with E-state index < -0.39 is 56.8 Å². The smallest absolute Gasteiger partial charge is 0.322 e. The van der Waals surface area contributed by atoms with Crippen LogP contribution in [0, 0.1) is 0 Å². The number of hydrogen-bond acceptors (Lipinski definition) is 10. The Morgan fingerprint density at radius 2 is 0.839 bits per heavy atom. The van der Waals surface area contributed by atoms with Crippen LogP contribution in [0.15, 0.2) is 0 Å². The summed E-state index contributed by atoms with van der Waals surface area (Å²) in [6, 6.07) is 0. The van der Waals surface area contributed by atoms with E-state index in [0.29, 0.717) is 0 Å². The zero-order valence-corrected chi connectivity index (χ0v) is 22.0. The molecule has 0 unspecified atom stereocenters. The van der Waals surface area contributed by atoms with E-state index in [0.717, 1.165) is 0 Å². The van der Waals surface area contributed by atoms with Crippen LogP contribution in [0.25, 0.3) is 0 Å². The molecule has 1 fully saturated rings. The van der Waals surface area contributed by atoms with E-state index in [1.165, 1.54) is 19.6 Å². The molecule has 19 heteroatoms. The van der Waals surface area contributed by atoms with Crippen molar-refractivity contribution in [2.45, 2.75) is 57.4 Å². The van der Waals surface area contributed by atoms with Gasteiger partial charge in [0.25, 0.3) is 0 Å². The van der Waals surface area contributed by atoms with Crippen molar-refractivity contribution < 1.29 is 58.3 Å². The van der Waals surface area contributed by atoms with Crippen LogP contribution in [0.5, 0.6) is 0 Å². The molecule has 1 saturated carbocycles. The van der Waals surface area contributed by atoms with Gasteiger partial charge in [0.1, 0.15) is 36.6 Å². The molecule has 0 heterocycles. The fourth-order valence-corrected chi connectivity index (χ4v) is 5.27. The number of hydrogen-bond donors (Lipinski definition) is 9. The van der Waals surface area contributed by atoms with E-state index in [1.54, 1.807) is 0 Å². The molecule has 0 aliphatic heterocycles. The fraction of sp³-hybridized carbons (Fsp3) is 1.00. The Balaban J connectivity index is 0.00000110. The minimum atomic E-state index is -4.48. The second-order valence-corrected chi connectivity index (χ2v) is 14.1. The lowest BCUT2D eigenvalue weighted by Gasteiger charge is -2.45. The van der Waals surface area contributed by atoms with Gasteiger partial charge >= 0.3 is 20.2 Å². The first-order chi connectivity index (χ1) is 13.9. The largest absolute Gasteiger partial charge is 0.387 e. The van der Waals surface area contributed by atoms with Crippen LogP contribution in [0.1, 0.15) is 20.8 Å². The van der Waals surface area contributed by atoms with Gasteiger partial charge in [-0.1, -0.05) is 20.8 Å². The van der Waals surface area contributed by atoms with E-state index in [4.69, 9.17) is 9.79 Å². The molecule has 6 atom stereocenters. The highest BCUT2D eigenvalue weighted by molar-refractivity contribution is 8.07. The van der Waals surface area contributed by atoms with Crippen molar-refractivity contribution in [3.05, 3.63) is 0 Å². The van der Waals surface area contributed by atoms with Crippen molar-refractivity contribution in [3.8, 4) is 0 Å². The first kappa shape index (κ1) is 32.4. The van der Waals surface area contributed by atoms with E-state index in [2.05, 4.69) is 74.7 Å². The molecule has 0 radical (unpaired) electrons. The summed E-state index contributed by atoms with van der Waals surface area (Å²) in [7, 11) is 0. The van der Waals surface area contributed by atoms with Gasteiger partial charge in [-0.2, -0.15) is 0 Å². The molecule has 188 valence electrons. The van der Waals surface area contributed by atoms with Gasteiger partial charge in [0.05, 0.1) is 0 Å². The minimum Gasteiger partial charge on any atom is -0.387 e. The maximum atomic E-state index is 10.1. The number of aliphatic hydroxyl groups is 3. The lowest BCUT2D eigenvalue weighted by Crippen LogP contribution is -2.65. The molecule has 1 aliphatic carbocycles. The molecule has 9 N–H and O–H groups in total. The van der Waals surface area contributed by atoms with E-state index in [-0.39, 0.29) is 0 Å². The highest BCUT2D eigenvalue weighted by atomic mass is 32.5. The van der Waals surface area contributed by atoms with Crippen molar-refractivity contribution >= 4 is 55.6 Å². The van der Waals surface area contributed by atoms with Gasteiger partial charge in [-0.3, -0.25) is 13.6 Å². The Morgan fingerprint density at radius 1 is 0.581 bits per heavy atom. The van der Waals surface area contributed by atoms with Crippen molar-refractivity contribution in [3.63, 3.8) is 0 Å². The van der Waals surface area contributed by atoms with E-state index in [1.807, 2.05) is 0 Å². The molecular weight excluding hydrogens is 539 g/mol. The quantitative estimate of drug-likeness (QED) is 0.140. The molecule has 0 aromatic carbocycles. The third kappa shape index (κ3) is 12.6. The first-order valence-corrected chi connectivity index (χ1v) is 16.7. The van der Waals surface area contributed by atoms with Gasteiger partial charge < -0.3 is 49.6 Å². The average molecular weight is 569 g/mol. The van der Waals surface area contributed by atoms with E-state index >= 15 is 0 Å². The topological polar surface area (TPSA) is 213 Å². The van der Waals surface area contributed by atoms with Crippen LogP contribution < -0.4 is 0 Å². The minimum absolute atomic E-state index is 1.19. The van der Waals surface area contributed by atoms with Crippen LogP contribution in [0.2, 0.25) is 0 Å². The van der Waals surface area contributed by atoms with Crippen LogP contribution in [0.4, 0.5) is 0 Å².